The van der Waals surface area contributed by atoms with Crippen molar-refractivity contribution in [2.45, 2.75) is 19.9 Å². The number of hydrogen-bond donors (Lipinski definition) is 1. The molecule has 4 heteroatoms. The van der Waals surface area contributed by atoms with Gasteiger partial charge in [0.05, 0.1) is 6.54 Å². The first kappa shape index (κ1) is 14.3. The molecular formula is C15H22N2OS. The van der Waals surface area contributed by atoms with E-state index in [2.05, 4.69) is 40.8 Å². The fourth-order valence-corrected chi connectivity index (χ4v) is 2.69. The van der Waals surface area contributed by atoms with Crippen LogP contribution in [0.3, 0.4) is 0 Å². The molecule has 0 bridgehead atoms. The van der Waals surface area contributed by atoms with E-state index in [1.807, 2.05) is 24.3 Å². The maximum Gasteiger partial charge on any atom is 0.118 e. The van der Waals surface area contributed by atoms with Crippen LogP contribution < -0.4 is 5.32 Å². The minimum absolute atomic E-state index is 0.875. The molecule has 0 unspecified atom stereocenters. The Morgan fingerprint density at radius 2 is 2.16 bits per heavy atom. The summed E-state index contributed by atoms with van der Waals surface area (Å²) in [5, 5.41) is 5.61. The third-order valence-corrected chi connectivity index (χ3v) is 3.96. The summed E-state index contributed by atoms with van der Waals surface area (Å²) in [4.78, 5) is 3.73. The van der Waals surface area contributed by atoms with Crippen LogP contribution in [0.5, 0.6) is 0 Å². The van der Waals surface area contributed by atoms with Crippen LogP contribution in [0.4, 0.5) is 0 Å². The van der Waals surface area contributed by atoms with E-state index in [1.54, 1.807) is 0 Å². The number of nitrogens with one attached hydrogen (secondary N) is 1. The molecule has 0 saturated carbocycles. The standard InChI is InChI=1S/C15H22N2OS/c1-13-5-6-14(18-13)12-17(2)10-9-16-8-7-15-4-3-11-19-15/h3-6,11,16H,7-10,12H2,1-2H3. The lowest BCUT2D eigenvalue weighted by molar-refractivity contribution is 0.291. The van der Waals surface area contributed by atoms with Crippen LogP contribution >= 0.6 is 11.3 Å². The van der Waals surface area contributed by atoms with Crippen molar-refractivity contribution >= 4 is 11.3 Å². The Bertz CT molecular complexity index is 464. The van der Waals surface area contributed by atoms with Gasteiger partial charge < -0.3 is 9.73 Å². The van der Waals surface area contributed by atoms with Gasteiger partial charge in [0.25, 0.3) is 0 Å². The molecule has 2 aromatic rings. The summed E-state index contributed by atoms with van der Waals surface area (Å²) < 4.78 is 5.57. The Morgan fingerprint density at radius 1 is 1.26 bits per heavy atom. The molecule has 0 fully saturated rings. The number of aryl methyl sites for hydroxylation is 1. The quantitative estimate of drug-likeness (QED) is 0.753. The highest BCUT2D eigenvalue weighted by atomic mass is 32.1. The number of rotatable bonds is 8. The second kappa shape index (κ2) is 7.48. The van der Waals surface area contributed by atoms with Crippen molar-refractivity contribution < 1.29 is 4.42 Å². The molecule has 2 rings (SSSR count). The van der Waals surface area contributed by atoms with Gasteiger partial charge in [-0.05, 0) is 44.0 Å². The Balaban J connectivity index is 1.55. The fourth-order valence-electron chi connectivity index (χ4n) is 1.98. The van der Waals surface area contributed by atoms with Crippen LogP contribution in [0.1, 0.15) is 16.4 Å². The number of likely N-dealkylation sites (N-methyl/N-ethyl adjacent to an activating group) is 1. The molecule has 1 N–H and O–H groups in total. The summed E-state index contributed by atoms with van der Waals surface area (Å²) >= 11 is 1.83. The van der Waals surface area contributed by atoms with Crippen molar-refractivity contribution in [2.75, 3.05) is 26.7 Å². The SMILES string of the molecule is Cc1ccc(CN(C)CCNCCc2cccs2)o1. The Kier molecular flexibility index (Phi) is 5.63. The van der Waals surface area contributed by atoms with E-state index in [-0.39, 0.29) is 0 Å². The number of hydrogen-bond acceptors (Lipinski definition) is 4. The summed E-state index contributed by atoms with van der Waals surface area (Å²) in [5.74, 6) is 2.02. The highest BCUT2D eigenvalue weighted by Crippen LogP contribution is 2.09. The largest absolute Gasteiger partial charge is 0.465 e. The van der Waals surface area contributed by atoms with Crippen LogP contribution in [-0.4, -0.2) is 31.6 Å². The van der Waals surface area contributed by atoms with Crippen molar-refractivity contribution in [3.8, 4) is 0 Å². The molecule has 0 atom stereocenters. The summed E-state index contributed by atoms with van der Waals surface area (Å²) in [6, 6.07) is 8.37. The van der Waals surface area contributed by atoms with Gasteiger partial charge in [-0.2, -0.15) is 0 Å². The molecule has 0 saturated heterocycles. The van der Waals surface area contributed by atoms with Crippen LogP contribution in [0, 0.1) is 6.92 Å². The van der Waals surface area contributed by atoms with E-state index in [4.69, 9.17) is 4.42 Å². The van der Waals surface area contributed by atoms with E-state index < -0.39 is 0 Å². The monoisotopic (exact) mass is 278 g/mol. The van der Waals surface area contributed by atoms with Crippen LogP contribution in [0.25, 0.3) is 0 Å². The van der Waals surface area contributed by atoms with Crippen molar-refractivity contribution in [2.24, 2.45) is 0 Å². The van der Waals surface area contributed by atoms with E-state index in [0.717, 1.165) is 44.1 Å². The van der Waals surface area contributed by atoms with E-state index in [0.29, 0.717) is 0 Å². The molecule has 0 radical (unpaired) electrons. The lowest BCUT2D eigenvalue weighted by atomic mass is 10.3. The average molecular weight is 278 g/mol. The first-order valence-electron chi connectivity index (χ1n) is 6.71. The van der Waals surface area contributed by atoms with Gasteiger partial charge in [0.1, 0.15) is 11.5 Å². The zero-order valence-corrected chi connectivity index (χ0v) is 12.5. The zero-order valence-electron chi connectivity index (χ0n) is 11.7. The van der Waals surface area contributed by atoms with Gasteiger partial charge in [-0.3, -0.25) is 4.90 Å². The van der Waals surface area contributed by atoms with Crippen LogP contribution in [-0.2, 0) is 13.0 Å². The third-order valence-electron chi connectivity index (χ3n) is 3.02. The first-order chi connectivity index (χ1) is 9.24. The second-order valence-electron chi connectivity index (χ2n) is 4.83. The van der Waals surface area contributed by atoms with Gasteiger partial charge in [0, 0.05) is 24.5 Å². The molecule has 0 spiro atoms. The van der Waals surface area contributed by atoms with Crippen molar-refractivity contribution in [1.82, 2.24) is 10.2 Å². The van der Waals surface area contributed by atoms with Gasteiger partial charge >= 0.3 is 0 Å². The number of furan rings is 1. The molecule has 0 aliphatic carbocycles. The zero-order chi connectivity index (χ0) is 13.5. The molecule has 0 amide bonds. The molecule has 2 aromatic heterocycles. The van der Waals surface area contributed by atoms with Gasteiger partial charge in [-0.15, -0.1) is 11.3 Å². The molecular weight excluding hydrogens is 256 g/mol. The molecule has 0 aliphatic rings. The predicted molar refractivity (Wildman–Crippen MR) is 80.7 cm³/mol. The lowest BCUT2D eigenvalue weighted by Crippen LogP contribution is -2.29. The topological polar surface area (TPSA) is 28.4 Å². The maximum atomic E-state index is 5.57. The number of thiophene rings is 1. The van der Waals surface area contributed by atoms with Gasteiger partial charge in [0.2, 0.25) is 0 Å². The molecule has 3 nitrogen and oxygen atoms in total. The van der Waals surface area contributed by atoms with E-state index >= 15 is 0 Å². The third kappa shape index (κ3) is 5.19. The summed E-state index contributed by atoms with van der Waals surface area (Å²) in [6.07, 6.45) is 1.12. The summed E-state index contributed by atoms with van der Waals surface area (Å²) in [7, 11) is 2.12. The summed E-state index contributed by atoms with van der Waals surface area (Å²) in [6.45, 7) is 5.95. The van der Waals surface area contributed by atoms with Crippen molar-refractivity contribution in [1.29, 1.82) is 0 Å². The first-order valence-corrected chi connectivity index (χ1v) is 7.59. The predicted octanol–water partition coefficient (Wildman–Crippen LogP) is 2.91. The van der Waals surface area contributed by atoms with Crippen molar-refractivity contribution in [3.63, 3.8) is 0 Å². The average Bonchev–Trinajstić information content (AvgIpc) is 3.01. The Labute approximate surface area is 119 Å². The Morgan fingerprint density at radius 3 is 2.84 bits per heavy atom. The van der Waals surface area contributed by atoms with Crippen LogP contribution in [0.2, 0.25) is 0 Å². The van der Waals surface area contributed by atoms with Gasteiger partial charge in [-0.25, -0.2) is 0 Å². The molecule has 0 aliphatic heterocycles. The second-order valence-corrected chi connectivity index (χ2v) is 5.86. The summed E-state index contributed by atoms with van der Waals surface area (Å²) in [5.41, 5.74) is 0. The van der Waals surface area contributed by atoms with Gasteiger partial charge in [-0.1, -0.05) is 6.07 Å². The molecule has 0 aromatic carbocycles. The lowest BCUT2D eigenvalue weighted by Gasteiger charge is -2.15. The smallest absolute Gasteiger partial charge is 0.118 e. The van der Waals surface area contributed by atoms with Crippen LogP contribution in [0.15, 0.2) is 34.1 Å². The fraction of sp³-hybridized carbons (Fsp3) is 0.467. The van der Waals surface area contributed by atoms with Gasteiger partial charge in [0.15, 0.2) is 0 Å². The van der Waals surface area contributed by atoms with E-state index in [1.165, 1.54) is 4.88 Å². The number of nitrogens with zero attached hydrogens (tertiary/aromatic N) is 1. The highest BCUT2D eigenvalue weighted by molar-refractivity contribution is 7.09. The molecule has 104 valence electrons. The Hall–Kier alpha value is -1.10. The minimum Gasteiger partial charge on any atom is -0.465 e. The highest BCUT2D eigenvalue weighted by Gasteiger charge is 2.03. The minimum atomic E-state index is 0.875. The maximum absolute atomic E-state index is 5.57. The van der Waals surface area contributed by atoms with Crippen molar-refractivity contribution in [3.05, 3.63) is 46.0 Å². The molecule has 2 heterocycles. The van der Waals surface area contributed by atoms with E-state index in [9.17, 15) is 0 Å². The normalized spacial score (nSPS) is 11.3. The molecule has 19 heavy (non-hydrogen) atoms.